The van der Waals surface area contributed by atoms with Gasteiger partial charge in [0.1, 0.15) is 0 Å². The Morgan fingerprint density at radius 2 is 2.22 bits per heavy atom. The molecule has 0 aromatic heterocycles. The largest absolute Gasteiger partial charge is 0.398 e. The van der Waals surface area contributed by atoms with Crippen LogP contribution in [0.15, 0.2) is 18.2 Å². The number of amides is 1. The van der Waals surface area contributed by atoms with Crippen LogP contribution in [-0.2, 0) is 4.74 Å². The Hall–Kier alpha value is -1.55. The highest BCUT2D eigenvalue weighted by molar-refractivity contribution is 5.99. The number of methoxy groups -OCH3 is 1. The van der Waals surface area contributed by atoms with Crippen molar-refractivity contribution in [1.29, 1.82) is 0 Å². The fraction of sp³-hybridized carbons (Fsp3) is 0.500. The first-order chi connectivity index (χ1) is 8.63. The van der Waals surface area contributed by atoms with Gasteiger partial charge in [0.05, 0.1) is 12.2 Å². The van der Waals surface area contributed by atoms with Crippen molar-refractivity contribution in [2.24, 2.45) is 0 Å². The van der Waals surface area contributed by atoms with E-state index in [1.165, 1.54) is 0 Å². The third-order valence-corrected chi connectivity index (χ3v) is 3.22. The van der Waals surface area contributed by atoms with Gasteiger partial charge in [0.25, 0.3) is 5.91 Å². The highest BCUT2D eigenvalue weighted by Gasteiger charge is 2.33. The number of nitrogens with two attached hydrogens (primary N) is 1. The van der Waals surface area contributed by atoms with Crippen molar-refractivity contribution >= 4 is 11.6 Å². The highest BCUT2D eigenvalue weighted by atomic mass is 16.5. The van der Waals surface area contributed by atoms with Crippen LogP contribution in [0.3, 0.4) is 0 Å². The van der Waals surface area contributed by atoms with Crippen LogP contribution in [0.2, 0.25) is 0 Å². The second-order valence-electron chi connectivity index (χ2n) is 4.81. The summed E-state index contributed by atoms with van der Waals surface area (Å²) in [5.41, 5.74) is 8.11. The number of anilines is 1. The number of carbonyl (C=O) groups is 1. The summed E-state index contributed by atoms with van der Waals surface area (Å²) in [6.07, 6.45) is 2.17. The van der Waals surface area contributed by atoms with Crippen molar-refractivity contribution < 1.29 is 9.53 Å². The number of hydrogen-bond acceptors (Lipinski definition) is 3. The quantitative estimate of drug-likeness (QED) is 0.809. The Bertz CT molecular complexity index is 441. The fourth-order valence-corrected chi connectivity index (χ4v) is 2.04. The molecule has 98 valence electrons. The highest BCUT2D eigenvalue weighted by Crippen LogP contribution is 2.29. The molecule has 1 fully saturated rings. The summed E-state index contributed by atoms with van der Waals surface area (Å²) in [6.45, 7) is 3.16. The number of ether oxygens (including phenoxy) is 1. The van der Waals surface area contributed by atoms with E-state index in [4.69, 9.17) is 10.5 Å². The smallest absolute Gasteiger partial charge is 0.256 e. The van der Waals surface area contributed by atoms with Crippen molar-refractivity contribution in [3.8, 4) is 0 Å². The molecule has 1 amide bonds. The molecule has 0 spiro atoms. The van der Waals surface area contributed by atoms with Crippen LogP contribution in [0.5, 0.6) is 0 Å². The van der Waals surface area contributed by atoms with Gasteiger partial charge in [0, 0.05) is 25.4 Å². The molecule has 2 N–H and O–H groups in total. The summed E-state index contributed by atoms with van der Waals surface area (Å²) >= 11 is 0. The maximum Gasteiger partial charge on any atom is 0.256 e. The van der Waals surface area contributed by atoms with Gasteiger partial charge in [-0.2, -0.15) is 0 Å². The van der Waals surface area contributed by atoms with E-state index < -0.39 is 0 Å². The minimum absolute atomic E-state index is 0.0238. The lowest BCUT2D eigenvalue weighted by atomic mass is 10.1. The molecule has 0 radical (unpaired) electrons. The molecular formula is C14H20N2O2. The van der Waals surface area contributed by atoms with Gasteiger partial charge >= 0.3 is 0 Å². The molecule has 1 aliphatic rings. The molecular weight excluding hydrogens is 228 g/mol. The fourth-order valence-electron chi connectivity index (χ4n) is 2.04. The van der Waals surface area contributed by atoms with E-state index in [-0.39, 0.29) is 5.91 Å². The van der Waals surface area contributed by atoms with E-state index >= 15 is 0 Å². The Balaban J connectivity index is 2.19. The zero-order valence-corrected chi connectivity index (χ0v) is 11.0. The first kappa shape index (κ1) is 12.9. The molecule has 1 aromatic carbocycles. The SMILES string of the molecule is COCCN(C(=O)c1cc(C)ccc1N)C1CC1. The van der Waals surface area contributed by atoms with Crippen LogP contribution < -0.4 is 5.73 Å². The Morgan fingerprint density at radius 3 is 2.83 bits per heavy atom. The second-order valence-corrected chi connectivity index (χ2v) is 4.81. The maximum atomic E-state index is 12.5. The van der Waals surface area contributed by atoms with Gasteiger partial charge < -0.3 is 15.4 Å². The van der Waals surface area contributed by atoms with Crippen LogP contribution in [0, 0.1) is 6.92 Å². The number of rotatable bonds is 5. The predicted octanol–water partition coefficient (Wildman–Crippen LogP) is 1.83. The van der Waals surface area contributed by atoms with Crippen molar-refractivity contribution in [3.63, 3.8) is 0 Å². The lowest BCUT2D eigenvalue weighted by Crippen LogP contribution is -2.36. The molecule has 0 saturated heterocycles. The van der Waals surface area contributed by atoms with Gasteiger partial charge in [-0.15, -0.1) is 0 Å². The molecule has 1 saturated carbocycles. The van der Waals surface area contributed by atoms with E-state index in [9.17, 15) is 4.79 Å². The Labute approximate surface area is 108 Å². The molecule has 1 aromatic rings. The number of nitrogens with zero attached hydrogens (tertiary/aromatic N) is 1. The van der Waals surface area contributed by atoms with Gasteiger partial charge in [0.15, 0.2) is 0 Å². The molecule has 0 atom stereocenters. The van der Waals surface area contributed by atoms with Crippen LogP contribution >= 0.6 is 0 Å². The van der Waals surface area contributed by atoms with E-state index in [0.717, 1.165) is 18.4 Å². The molecule has 0 aliphatic heterocycles. The second kappa shape index (κ2) is 5.40. The van der Waals surface area contributed by atoms with Crippen LogP contribution in [0.1, 0.15) is 28.8 Å². The van der Waals surface area contributed by atoms with Crippen LogP contribution in [-0.4, -0.2) is 37.1 Å². The van der Waals surface area contributed by atoms with E-state index in [2.05, 4.69) is 0 Å². The molecule has 0 bridgehead atoms. The van der Waals surface area contributed by atoms with Gasteiger partial charge in [0.2, 0.25) is 0 Å². The third-order valence-electron chi connectivity index (χ3n) is 3.22. The summed E-state index contributed by atoms with van der Waals surface area (Å²) in [5.74, 6) is 0.0238. The number of benzene rings is 1. The third kappa shape index (κ3) is 2.82. The van der Waals surface area contributed by atoms with E-state index in [0.29, 0.717) is 30.4 Å². The van der Waals surface area contributed by atoms with Gasteiger partial charge in [-0.05, 0) is 31.9 Å². The summed E-state index contributed by atoms with van der Waals surface area (Å²) in [4.78, 5) is 14.4. The number of carbonyl (C=O) groups excluding carboxylic acids is 1. The van der Waals surface area contributed by atoms with E-state index in [1.54, 1.807) is 13.2 Å². The first-order valence-electron chi connectivity index (χ1n) is 6.29. The molecule has 1 aliphatic carbocycles. The lowest BCUT2D eigenvalue weighted by Gasteiger charge is -2.23. The van der Waals surface area contributed by atoms with Crippen molar-refractivity contribution in [3.05, 3.63) is 29.3 Å². The minimum atomic E-state index is 0.0238. The van der Waals surface area contributed by atoms with E-state index in [1.807, 2.05) is 24.0 Å². The van der Waals surface area contributed by atoms with Gasteiger partial charge in [-0.1, -0.05) is 11.6 Å². The molecule has 4 heteroatoms. The summed E-state index contributed by atoms with van der Waals surface area (Å²) in [6, 6.07) is 5.94. The molecule has 2 rings (SSSR count). The summed E-state index contributed by atoms with van der Waals surface area (Å²) in [7, 11) is 1.65. The van der Waals surface area contributed by atoms with Crippen LogP contribution in [0.25, 0.3) is 0 Å². The average molecular weight is 248 g/mol. The monoisotopic (exact) mass is 248 g/mol. The normalized spacial score (nSPS) is 14.6. The van der Waals surface area contributed by atoms with Crippen molar-refractivity contribution in [2.45, 2.75) is 25.8 Å². The zero-order valence-electron chi connectivity index (χ0n) is 11.0. The predicted molar refractivity (Wildman–Crippen MR) is 71.5 cm³/mol. The molecule has 18 heavy (non-hydrogen) atoms. The lowest BCUT2D eigenvalue weighted by molar-refractivity contribution is 0.0681. The number of hydrogen-bond donors (Lipinski definition) is 1. The van der Waals surface area contributed by atoms with Gasteiger partial charge in [-0.25, -0.2) is 0 Å². The number of aryl methyl sites for hydroxylation is 1. The standard InChI is InChI=1S/C14H20N2O2/c1-10-3-6-13(15)12(9-10)14(17)16(7-8-18-2)11-4-5-11/h3,6,9,11H,4-5,7-8,15H2,1-2H3. The topological polar surface area (TPSA) is 55.6 Å². The summed E-state index contributed by atoms with van der Waals surface area (Å²) in [5, 5.41) is 0. The summed E-state index contributed by atoms with van der Waals surface area (Å²) < 4.78 is 5.07. The Kier molecular flexibility index (Phi) is 3.87. The van der Waals surface area contributed by atoms with Crippen molar-refractivity contribution in [2.75, 3.05) is 26.0 Å². The molecule has 0 heterocycles. The van der Waals surface area contributed by atoms with Crippen LogP contribution in [0.4, 0.5) is 5.69 Å². The zero-order chi connectivity index (χ0) is 13.1. The number of nitrogen functional groups attached to an aromatic ring is 1. The average Bonchev–Trinajstić information content (AvgIpc) is 3.17. The maximum absolute atomic E-state index is 12.5. The molecule has 4 nitrogen and oxygen atoms in total. The van der Waals surface area contributed by atoms with Gasteiger partial charge in [-0.3, -0.25) is 4.79 Å². The Morgan fingerprint density at radius 1 is 1.50 bits per heavy atom. The minimum Gasteiger partial charge on any atom is -0.398 e. The van der Waals surface area contributed by atoms with Crippen molar-refractivity contribution in [1.82, 2.24) is 4.90 Å². The molecule has 0 unspecified atom stereocenters. The first-order valence-corrected chi connectivity index (χ1v) is 6.29.